The molecule has 102 valence electrons. The van der Waals surface area contributed by atoms with Crippen LogP contribution in [0.25, 0.3) is 0 Å². The summed E-state index contributed by atoms with van der Waals surface area (Å²) in [6, 6.07) is 8.13. The van der Waals surface area contributed by atoms with Crippen LogP contribution in [-0.2, 0) is 13.1 Å². The van der Waals surface area contributed by atoms with Gasteiger partial charge in [-0.2, -0.15) is 0 Å². The fraction of sp³-hybridized carbons (Fsp3) is 0.267. The minimum Gasteiger partial charge on any atom is -0.355 e. The quantitative estimate of drug-likeness (QED) is 0.925. The number of nitrogens with zero attached hydrogens (tertiary/aromatic N) is 3. The number of rotatable bonds is 3. The molecular formula is C15H16N4O. The average molecular weight is 268 g/mol. The van der Waals surface area contributed by atoms with Gasteiger partial charge in [-0.15, -0.1) is 0 Å². The first kappa shape index (κ1) is 12.6. The maximum absolute atomic E-state index is 12.4. The number of benzene rings is 1. The highest BCUT2D eigenvalue weighted by molar-refractivity contribution is 5.94. The van der Waals surface area contributed by atoms with Crippen molar-refractivity contribution >= 4 is 11.9 Å². The van der Waals surface area contributed by atoms with E-state index in [0.29, 0.717) is 24.6 Å². The highest BCUT2D eigenvalue weighted by Crippen LogP contribution is 2.23. The van der Waals surface area contributed by atoms with E-state index in [2.05, 4.69) is 27.4 Å². The largest absolute Gasteiger partial charge is 0.355 e. The van der Waals surface area contributed by atoms with Crippen molar-refractivity contribution in [3.05, 3.63) is 53.3 Å². The van der Waals surface area contributed by atoms with Crippen LogP contribution in [0.1, 0.15) is 28.4 Å². The predicted octanol–water partition coefficient (Wildman–Crippen LogP) is 2.06. The third-order valence-corrected chi connectivity index (χ3v) is 3.36. The van der Waals surface area contributed by atoms with Crippen LogP contribution in [0.4, 0.5) is 5.95 Å². The van der Waals surface area contributed by atoms with Crippen molar-refractivity contribution in [3.8, 4) is 0 Å². The van der Waals surface area contributed by atoms with Gasteiger partial charge in [0.25, 0.3) is 5.91 Å². The fourth-order valence-electron chi connectivity index (χ4n) is 2.35. The lowest BCUT2D eigenvalue weighted by Gasteiger charge is -2.15. The Morgan fingerprint density at radius 1 is 1.20 bits per heavy atom. The summed E-state index contributed by atoms with van der Waals surface area (Å²) >= 11 is 0. The first-order chi connectivity index (χ1) is 9.78. The summed E-state index contributed by atoms with van der Waals surface area (Å²) in [5.41, 5.74) is 2.96. The Balaban J connectivity index is 1.74. The minimum atomic E-state index is -0.0238. The Hall–Kier alpha value is -2.43. The summed E-state index contributed by atoms with van der Waals surface area (Å²) in [5.74, 6) is 0.526. The Morgan fingerprint density at radius 3 is 2.35 bits per heavy atom. The smallest absolute Gasteiger partial charge is 0.257 e. The molecule has 0 fully saturated rings. The molecule has 0 saturated heterocycles. The second-order valence-corrected chi connectivity index (χ2v) is 4.76. The molecule has 0 atom stereocenters. The van der Waals surface area contributed by atoms with Gasteiger partial charge in [-0.25, -0.2) is 9.97 Å². The molecule has 1 amide bonds. The van der Waals surface area contributed by atoms with Gasteiger partial charge >= 0.3 is 0 Å². The lowest BCUT2D eigenvalue weighted by molar-refractivity contribution is 0.0750. The van der Waals surface area contributed by atoms with Gasteiger partial charge in [0.2, 0.25) is 5.95 Å². The Morgan fingerprint density at radius 2 is 1.80 bits per heavy atom. The number of fused-ring (bicyclic) bond motifs is 1. The lowest BCUT2D eigenvalue weighted by atomic mass is 10.1. The topological polar surface area (TPSA) is 58.1 Å². The van der Waals surface area contributed by atoms with Crippen LogP contribution in [0.3, 0.4) is 0 Å². The SMILES string of the molecule is CCNc1ncc(C(=O)N2Cc3ccccc3C2)cn1. The van der Waals surface area contributed by atoms with E-state index in [9.17, 15) is 4.79 Å². The molecule has 1 aromatic heterocycles. The van der Waals surface area contributed by atoms with Crippen molar-refractivity contribution in [3.63, 3.8) is 0 Å². The fourth-order valence-corrected chi connectivity index (χ4v) is 2.35. The highest BCUT2D eigenvalue weighted by Gasteiger charge is 2.24. The molecule has 5 nitrogen and oxygen atoms in total. The molecule has 1 aliphatic rings. The molecule has 0 radical (unpaired) electrons. The zero-order valence-corrected chi connectivity index (χ0v) is 11.3. The number of hydrogen-bond donors (Lipinski definition) is 1. The van der Waals surface area contributed by atoms with Gasteiger partial charge in [0, 0.05) is 32.0 Å². The highest BCUT2D eigenvalue weighted by atomic mass is 16.2. The monoisotopic (exact) mass is 268 g/mol. The third-order valence-electron chi connectivity index (χ3n) is 3.36. The van der Waals surface area contributed by atoms with Gasteiger partial charge in [0.1, 0.15) is 0 Å². The molecule has 0 aliphatic carbocycles. The maximum atomic E-state index is 12.4. The molecule has 2 aromatic rings. The number of aromatic nitrogens is 2. The van der Waals surface area contributed by atoms with Gasteiger partial charge in [-0.1, -0.05) is 24.3 Å². The van der Waals surface area contributed by atoms with Crippen molar-refractivity contribution in [2.75, 3.05) is 11.9 Å². The molecule has 1 aliphatic heterocycles. The molecule has 2 heterocycles. The summed E-state index contributed by atoms with van der Waals surface area (Å²) in [7, 11) is 0. The van der Waals surface area contributed by atoms with E-state index in [1.54, 1.807) is 12.4 Å². The van der Waals surface area contributed by atoms with Crippen molar-refractivity contribution < 1.29 is 4.79 Å². The van der Waals surface area contributed by atoms with E-state index >= 15 is 0 Å². The molecular weight excluding hydrogens is 252 g/mol. The number of carbonyl (C=O) groups excluding carboxylic acids is 1. The lowest BCUT2D eigenvalue weighted by Crippen LogP contribution is -2.25. The van der Waals surface area contributed by atoms with Crippen LogP contribution in [0.15, 0.2) is 36.7 Å². The van der Waals surface area contributed by atoms with Gasteiger partial charge < -0.3 is 10.2 Å². The van der Waals surface area contributed by atoms with Crippen LogP contribution in [0.2, 0.25) is 0 Å². The molecule has 0 saturated carbocycles. The molecule has 20 heavy (non-hydrogen) atoms. The third kappa shape index (κ3) is 2.34. The zero-order valence-electron chi connectivity index (χ0n) is 11.3. The minimum absolute atomic E-state index is 0.0238. The van der Waals surface area contributed by atoms with Crippen LogP contribution in [-0.4, -0.2) is 27.3 Å². The normalized spacial score (nSPS) is 13.2. The molecule has 0 spiro atoms. The van der Waals surface area contributed by atoms with E-state index in [4.69, 9.17) is 0 Å². The zero-order chi connectivity index (χ0) is 13.9. The predicted molar refractivity (Wildman–Crippen MR) is 76.2 cm³/mol. The standard InChI is InChI=1S/C15H16N4O/c1-2-16-15-17-7-13(8-18-15)14(20)19-9-11-5-3-4-6-12(11)10-19/h3-8H,2,9-10H2,1H3,(H,16,17,18). The number of hydrogen-bond acceptors (Lipinski definition) is 4. The van der Waals surface area contributed by atoms with E-state index in [1.807, 2.05) is 24.0 Å². The Bertz CT molecular complexity index is 599. The molecule has 0 bridgehead atoms. The molecule has 3 rings (SSSR count). The van der Waals surface area contributed by atoms with Gasteiger partial charge in [-0.05, 0) is 18.1 Å². The van der Waals surface area contributed by atoms with Crippen LogP contribution in [0, 0.1) is 0 Å². The molecule has 0 unspecified atom stereocenters. The van der Waals surface area contributed by atoms with Gasteiger partial charge in [0.05, 0.1) is 5.56 Å². The first-order valence-corrected chi connectivity index (χ1v) is 6.70. The van der Waals surface area contributed by atoms with Crippen molar-refractivity contribution in [2.24, 2.45) is 0 Å². The van der Waals surface area contributed by atoms with E-state index in [1.165, 1.54) is 11.1 Å². The van der Waals surface area contributed by atoms with Gasteiger partial charge in [0.15, 0.2) is 0 Å². The number of nitrogens with one attached hydrogen (secondary N) is 1. The molecule has 1 aromatic carbocycles. The van der Waals surface area contributed by atoms with Gasteiger partial charge in [-0.3, -0.25) is 4.79 Å². The number of carbonyl (C=O) groups is 1. The van der Waals surface area contributed by atoms with Crippen molar-refractivity contribution in [2.45, 2.75) is 20.0 Å². The summed E-state index contributed by atoms with van der Waals surface area (Å²) in [6.07, 6.45) is 3.16. The number of amides is 1. The summed E-state index contributed by atoms with van der Waals surface area (Å²) < 4.78 is 0. The molecule has 1 N–H and O–H groups in total. The Kier molecular flexibility index (Phi) is 3.33. The summed E-state index contributed by atoms with van der Waals surface area (Å²) in [4.78, 5) is 22.5. The van der Waals surface area contributed by atoms with E-state index in [-0.39, 0.29) is 5.91 Å². The molecule has 5 heteroatoms. The maximum Gasteiger partial charge on any atom is 0.257 e. The second-order valence-electron chi connectivity index (χ2n) is 4.76. The van der Waals surface area contributed by atoms with E-state index in [0.717, 1.165) is 6.54 Å². The van der Waals surface area contributed by atoms with Crippen LogP contribution >= 0.6 is 0 Å². The van der Waals surface area contributed by atoms with Crippen LogP contribution in [0.5, 0.6) is 0 Å². The first-order valence-electron chi connectivity index (χ1n) is 6.70. The average Bonchev–Trinajstić information content (AvgIpc) is 2.91. The van der Waals surface area contributed by atoms with Crippen molar-refractivity contribution in [1.29, 1.82) is 0 Å². The summed E-state index contributed by atoms with van der Waals surface area (Å²) in [6.45, 7) is 4.05. The van der Waals surface area contributed by atoms with Crippen molar-refractivity contribution in [1.82, 2.24) is 14.9 Å². The Labute approximate surface area is 117 Å². The second kappa shape index (κ2) is 5.28. The van der Waals surface area contributed by atoms with E-state index < -0.39 is 0 Å². The number of anilines is 1. The van der Waals surface area contributed by atoms with Crippen LogP contribution < -0.4 is 5.32 Å². The summed E-state index contributed by atoms with van der Waals surface area (Å²) in [5, 5.41) is 3.01.